The molecule has 2 aromatic rings. The number of rotatable bonds is 2. The zero-order valence-electron chi connectivity index (χ0n) is 11.6. The zero-order valence-corrected chi connectivity index (χ0v) is 13.2. The van der Waals surface area contributed by atoms with Crippen LogP contribution in [0, 0.1) is 6.92 Å². The normalized spacial score (nSPS) is 14.1. The zero-order chi connectivity index (χ0) is 15.9. The highest BCUT2D eigenvalue weighted by atomic mass is 35.5. The molecule has 22 heavy (non-hydrogen) atoms. The van der Waals surface area contributed by atoms with Crippen LogP contribution in [0.2, 0.25) is 5.02 Å². The summed E-state index contributed by atoms with van der Waals surface area (Å²) in [4.78, 5) is 0.0692. The maximum Gasteiger partial charge on any atom is 0.484 e. The molecule has 0 aromatic heterocycles. The number of hydrogen-bond acceptors (Lipinski definition) is 4. The van der Waals surface area contributed by atoms with Gasteiger partial charge in [0.2, 0.25) is 0 Å². The van der Waals surface area contributed by atoms with Gasteiger partial charge in [0.05, 0.1) is 11.1 Å². The van der Waals surface area contributed by atoms with Crippen LogP contribution in [-0.2, 0) is 10.0 Å². The minimum atomic E-state index is -3.94. The van der Waals surface area contributed by atoms with E-state index in [9.17, 15) is 13.4 Å². The minimum Gasteiger partial charge on any atom is -0.427 e. The van der Waals surface area contributed by atoms with Crippen LogP contribution >= 0.6 is 11.6 Å². The van der Waals surface area contributed by atoms with Crippen molar-refractivity contribution in [3.05, 3.63) is 58.6 Å². The second-order valence-electron chi connectivity index (χ2n) is 4.98. The Morgan fingerprint density at radius 1 is 1.18 bits per heavy atom. The quantitative estimate of drug-likeness (QED) is 0.843. The van der Waals surface area contributed by atoms with Crippen LogP contribution < -0.4 is 5.46 Å². The Labute approximate surface area is 134 Å². The van der Waals surface area contributed by atoms with Crippen LogP contribution in [0.1, 0.15) is 11.1 Å². The van der Waals surface area contributed by atoms with Gasteiger partial charge in [0.1, 0.15) is 0 Å². The molecule has 0 aliphatic carbocycles. The standard InChI is InChI=1S/C14H12BClN2O3S/c1-10-2-6-13(7-3-10)22(20,21)18-15(19)14-8-12(16)5-4-11(14)9-17-18/h2-9,19H,1H3. The van der Waals surface area contributed by atoms with E-state index in [1.54, 1.807) is 24.3 Å². The highest BCUT2D eigenvalue weighted by Crippen LogP contribution is 2.20. The van der Waals surface area contributed by atoms with Gasteiger partial charge in [0, 0.05) is 5.02 Å². The summed E-state index contributed by atoms with van der Waals surface area (Å²) in [6, 6.07) is 11.2. The molecule has 0 saturated heterocycles. The Bertz CT molecular complexity index is 853. The molecule has 3 rings (SSSR count). The van der Waals surface area contributed by atoms with Crippen molar-refractivity contribution in [1.29, 1.82) is 0 Å². The van der Waals surface area contributed by atoms with Crippen molar-refractivity contribution < 1.29 is 13.4 Å². The summed E-state index contributed by atoms with van der Waals surface area (Å²) in [6.07, 6.45) is 1.39. The van der Waals surface area contributed by atoms with Gasteiger partial charge in [0.15, 0.2) is 0 Å². The first-order valence-corrected chi connectivity index (χ1v) is 8.34. The number of aryl methyl sites for hydroxylation is 1. The number of sulfonamides is 1. The third-order valence-electron chi connectivity index (χ3n) is 3.41. The van der Waals surface area contributed by atoms with Crippen molar-refractivity contribution in [3.8, 4) is 0 Å². The summed E-state index contributed by atoms with van der Waals surface area (Å²) >= 11 is 5.91. The van der Waals surface area contributed by atoms with E-state index in [-0.39, 0.29) is 4.90 Å². The van der Waals surface area contributed by atoms with E-state index in [0.717, 1.165) is 5.56 Å². The molecule has 0 saturated carbocycles. The van der Waals surface area contributed by atoms with Crippen molar-refractivity contribution >= 4 is 40.4 Å². The molecule has 0 amide bonds. The molecule has 0 unspecified atom stereocenters. The van der Waals surface area contributed by atoms with Crippen molar-refractivity contribution in [2.75, 3.05) is 0 Å². The van der Waals surface area contributed by atoms with Crippen molar-refractivity contribution in [3.63, 3.8) is 0 Å². The number of halogens is 1. The van der Waals surface area contributed by atoms with Gasteiger partial charge in [-0.1, -0.05) is 35.4 Å². The van der Waals surface area contributed by atoms with E-state index in [1.807, 2.05) is 6.92 Å². The van der Waals surface area contributed by atoms with Gasteiger partial charge in [-0.25, -0.2) is 8.42 Å². The fourth-order valence-electron chi connectivity index (χ4n) is 2.20. The second-order valence-corrected chi connectivity index (χ2v) is 7.21. The largest absolute Gasteiger partial charge is 0.484 e. The minimum absolute atomic E-state index is 0.0692. The fourth-order valence-corrected chi connectivity index (χ4v) is 3.62. The smallest absolute Gasteiger partial charge is 0.427 e. The summed E-state index contributed by atoms with van der Waals surface area (Å²) in [5, 5.41) is 14.7. The molecule has 8 heteroatoms. The first kappa shape index (κ1) is 15.1. The van der Waals surface area contributed by atoms with Gasteiger partial charge >= 0.3 is 7.05 Å². The van der Waals surface area contributed by atoms with E-state index < -0.39 is 17.1 Å². The predicted octanol–water partition coefficient (Wildman–Crippen LogP) is 1.37. The summed E-state index contributed by atoms with van der Waals surface area (Å²) in [6.45, 7) is 1.86. The Balaban J connectivity index is 2.04. The number of hydrazone groups is 1. The Hall–Kier alpha value is -1.83. The monoisotopic (exact) mass is 334 g/mol. The van der Waals surface area contributed by atoms with E-state index >= 15 is 0 Å². The topological polar surface area (TPSA) is 70.0 Å². The number of nitrogens with zero attached hydrogens (tertiary/aromatic N) is 2. The molecule has 0 spiro atoms. The SMILES string of the molecule is Cc1ccc(S(=O)(=O)N2N=Cc3ccc(Cl)cc3B2O)cc1. The van der Waals surface area contributed by atoms with Crippen molar-refractivity contribution in [1.82, 2.24) is 4.33 Å². The predicted molar refractivity (Wildman–Crippen MR) is 86.9 cm³/mol. The van der Waals surface area contributed by atoms with Gasteiger partial charge in [-0.05, 0) is 42.2 Å². The van der Waals surface area contributed by atoms with Crippen LogP contribution in [0.3, 0.4) is 0 Å². The van der Waals surface area contributed by atoms with Crippen LogP contribution in [0.25, 0.3) is 0 Å². The molecule has 0 atom stereocenters. The molecule has 1 aliphatic heterocycles. The van der Waals surface area contributed by atoms with Gasteiger partial charge in [-0.15, -0.1) is 0 Å². The third-order valence-corrected chi connectivity index (χ3v) is 5.30. The maximum absolute atomic E-state index is 12.6. The van der Waals surface area contributed by atoms with Gasteiger partial charge in [-0.2, -0.15) is 9.43 Å². The summed E-state index contributed by atoms with van der Waals surface area (Å²) < 4.78 is 25.9. The molecule has 2 aromatic carbocycles. The molecule has 1 heterocycles. The van der Waals surface area contributed by atoms with Crippen LogP contribution in [0.5, 0.6) is 0 Å². The Kier molecular flexibility index (Phi) is 3.72. The third kappa shape index (κ3) is 2.51. The van der Waals surface area contributed by atoms with Crippen LogP contribution in [-0.4, -0.2) is 31.0 Å². The number of benzene rings is 2. The molecule has 0 radical (unpaired) electrons. The summed E-state index contributed by atoms with van der Waals surface area (Å²) in [7, 11) is -5.35. The molecular formula is C14H12BClN2O3S. The first-order chi connectivity index (χ1) is 10.4. The Morgan fingerprint density at radius 2 is 1.86 bits per heavy atom. The average molecular weight is 335 g/mol. The maximum atomic E-state index is 12.6. The molecule has 5 nitrogen and oxygen atoms in total. The lowest BCUT2D eigenvalue weighted by molar-refractivity contribution is 0.476. The first-order valence-electron chi connectivity index (χ1n) is 6.52. The number of fused-ring (bicyclic) bond motifs is 1. The van der Waals surface area contributed by atoms with Crippen LogP contribution in [0.15, 0.2) is 52.5 Å². The highest BCUT2D eigenvalue weighted by molar-refractivity contribution is 7.90. The average Bonchev–Trinajstić information content (AvgIpc) is 2.48. The molecule has 1 N–H and O–H groups in total. The molecule has 0 bridgehead atoms. The Morgan fingerprint density at radius 3 is 2.55 bits per heavy atom. The summed E-state index contributed by atoms with van der Waals surface area (Å²) in [5.41, 5.74) is 1.98. The van der Waals surface area contributed by atoms with Gasteiger partial charge in [0.25, 0.3) is 10.0 Å². The highest BCUT2D eigenvalue weighted by Gasteiger charge is 2.38. The summed E-state index contributed by atoms with van der Waals surface area (Å²) in [5.74, 6) is 0. The van der Waals surface area contributed by atoms with Crippen LogP contribution in [0.4, 0.5) is 0 Å². The van der Waals surface area contributed by atoms with E-state index in [4.69, 9.17) is 11.6 Å². The number of hydrogen-bond donors (Lipinski definition) is 1. The lowest BCUT2D eigenvalue weighted by atomic mass is 9.72. The molecule has 112 valence electrons. The lowest BCUT2D eigenvalue weighted by Gasteiger charge is -2.26. The van der Waals surface area contributed by atoms with Crippen molar-refractivity contribution in [2.45, 2.75) is 11.8 Å². The lowest BCUT2D eigenvalue weighted by Crippen LogP contribution is -2.52. The molecule has 1 aliphatic rings. The second kappa shape index (κ2) is 5.42. The van der Waals surface area contributed by atoms with Gasteiger partial charge < -0.3 is 5.02 Å². The van der Waals surface area contributed by atoms with E-state index in [2.05, 4.69) is 5.10 Å². The van der Waals surface area contributed by atoms with Crippen molar-refractivity contribution in [2.24, 2.45) is 5.10 Å². The molecular weight excluding hydrogens is 322 g/mol. The fraction of sp³-hybridized carbons (Fsp3) is 0.0714. The van der Waals surface area contributed by atoms with E-state index in [0.29, 0.717) is 20.4 Å². The van der Waals surface area contributed by atoms with Gasteiger partial charge in [-0.3, -0.25) is 0 Å². The van der Waals surface area contributed by atoms with E-state index in [1.165, 1.54) is 24.4 Å². The molecule has 0 fully saturated rings.